The van der Waals surface area contributed by atoms with Crippen LogP contribution in [0.15, 0.2) is 17.0 Å². The molecule has 0 unspecified atom stereocenters. The number of nitriles is 1. The van der Waals surface area contributed by atoms with Gasteiger partial charge >= 0.3 is 0 Å². The second-order valence-electron chi connectivity index (χ2n) is 4.96. The summed E-state index contributed by atoms with van der Waals surface area (Å²) in [7, 11) is -3.57. The third-order valence-electron chi connectivity index (χ3n) is 3.12. The number of rotatable bonds is 4. The highest BCUT2D eigenvalue weighted by Gasteiger charge is 2.22. The van der Waals surface area contributed by atoms with Crippen molar-refractivity contribution in [2.24, 2.45) is 0 Å². The van der Waals surface area contributed by atoms with E-state index in [0.717, 1.165) is 18.2 Å². The minimum absolute atomic E-state index is 0.0825. The van der Waals surface area contributed by atoms with Crippen molar-refractivity contribution in [1.29, 1.82) is 5.26 Å². The first-order chi connectivity index (χ1) is 9.85. The first-order valence-corrected chi connectivity index (χ1v) is 8.52. The van der Waals surface area contributed by atoms with Crippen molar-refractivity contribution in [3.05, 3.63) is 28.2 Å². The van der Waals surface area contributed by atoms with Gasteiger partial charge in [-0.25, -0.2) is 8.42 Å². The number of fused-ring (bicyclic) bond motifs is 1. The number of hydrogen-bond acceptors (Lipinski definition) is 5. The molecule has 112 valence electrons. The maximum Gasteiger partial charge on any atom is 0.185 e. The summed E-state index contributed by atoms with van der Waals surface area (Å²) in [6.07, 6.45) is 3.21. The highest BCUT2D eigenvalue weighted by Crippen LogP contribution is 2.36. The van der Waals surface area contributed by atoms with Crippen LogP contribution in [0.3, 0.4) is 0 Å². The fourth-order valence-electron chi connectivity index (χ4n) is 2.21. The van der Waals surface area contributed by atoms with Crippen molar-refractivity contribution in [3.63, 3.8) is 0 Å². The van der Waals surface area contributed by atoms with Gasteiger partial charge in [-0.05, 0) is 32.1 Å². The minimum Gasteiger partial charge on any atom is -0.493 e. The van der Waals surface area contributed by atoms with E-state index in [4.69, 9.17) is 14.7 Å². The predicted octanol–water partition coefficient (Wildman–Crippen LogP) is 2.32. The summed E-state index contributed by atoms with van der Waals surface area (Å²) in [5.74, 6) is 1.27. The SMILES string of the molecule is CCOc1cc2c(cc1/C=C(\C#N)S(C)(=O)=O)O[C@H](C)C2. The van der Waals surface area contributed by atoms with E-state index in [0.29, 0.717) is 23.7 Å². The topological polar surface area (TPSA) is 76.4 Å². The molecule has 0 N–H and O–H groups in total. The van der Waals surface area contributed by atoms with E-state index in [9.17, 15) is 8.42 Å². The van der Waals surface area contributed by atoms with E-state index in [1.165, 1.54) is 6.08 Å². The molecule has 1 aliphatic heterocycles. The third kappa shape index (κ3) is 3.37. The molecule has 0 aromatic heterocycles. The second kappa shape index (κ2) is 5.78. The quantitative estimate of drug-likeness (QED) is 0.798. The molecule has 0 radical (unpaired) electrons. The molecule has 6 heteroatoms. The third-order valence-corrected chi connectivity index (χ3v) is 4.13. The van der Waals surface area contributed by atoms with E-state index in [2.05, 4.69) is 0 Å². The van der Waals surface area contributed by atoms with Gasteiger partial charge in [0.25, 0.3) is 0 Å². The molecular weight excluding hydrogens is 290 g/mol. The van der Waals surface area contributed by atoms with Gasteiger partial charge in [-0.3, -0.25) is 0 Å². The number of allylic oxidation sites excluding steroid dienone is 1. The summed E-state index contributed by atoms with van der Waals surface area (Å²) in [6, 6.07) is 5.29. The van der Waals surface area contributed by atoms with Crippen molar-refractivity contribution in [2.75, 3.05) is 12.9 Å². The first kappa shape index (κ1) is 15.4. The molecule has 21 heavy (non-hydrogen) atoms. The van der Waals surface area contributed by atoms with Crippen LogP contribution >= 0.6 is 0 Å². The van der Waals surface area contributed by atoms with Crippen molar-refractivity contribution >= 4 is 15.9 Å². The van der Waals surface area contributed by atoms with E-state index in [1.54, 1.807) is 12.1 Å². The number of nitrogens with zero attached hydrogens (tertiary/aromatic N) is 1. The Morgan fingerprint density at radius 3 is 2.86 bits per heavy atom. The monoisotopic (exact) mass is 307 g/mol. The number of hydrogen-bond donors (Lipinski definition) is 0. The zero-order chi connectivity index (χ0) is 15.6. The molecule has 1 heterocycles. The fraction of sp³-hybridized carbons (Fsp3) is 0.400. The van der Waals surface area contributed by atoms with Crippen LogP contribution in [0.4, 0.5) is 0 Å². The molecule has 0 aliphatic carbocycles. The lowest BCUT2D eigenvalue weighted by molar-refractivity contribution is 0.254. The maximum absolute atomic E-state index is 11.6. The zero-order valence-electron chi connectivity index (χ0n) is 12.2. The molecular formula is C15H17NO4S. The van der Waals surface area contributed by atoms with Gasteiger partial charge in [-0.15, -0.1) is 0 Å². The van der Waals surface area contributed by atoms with Crippen LogP contribution in [0.1, 0.15) is 25.0 Å². The van der Waals surface area contributed by atoms with Crippen molar-refractivity contribution < 1.29 is 17.9 Å². The van der Waals surface area contributed by atoms with Gasteiger partial charge in [0.05, 0.1) is 6.61 Å². The summed E-state index contributed by atoms with van der Waals surface area (Å²) in [6.45, 7) is 4.27. The Morgan fingerprint density at radius 1 is 1.57 bits per heavy atom. The van der Waals surface area contributed by atoms with Gasteiger partial charge < -0.3 is 9.47 Å². The lowest BCUT2D eigenvalue weighted by Gasteiger charge is -2.10. The Balaban J connectivity index is 2.55. The first-order valence-electron chi connectivity index (χ1n) is 6.63. The molecule has 5 nitrogen and oxygen atoms in total. The fourth-order valence-corrected chi connectivity index (χ4v) is 2.72. The van der Waals surface area contributed by atoms with E-state index in [1.807, 2.05) is 19.9 Å². The zero-order valence-corrected chi connectivity index (χ0v) is 13.0. The molecule has 0 bridgehead atoms. The average molecular weight is 307 g/mol. The molecule has 0 spiro atoms. The number of benzene rings is 1. The summed E-state index contributed by atoms with van der Waals surface area (Å²) in [5, 5.41) is 9.01. The lowest BCUT2D eigenvalue weighted by atomic mass is 10.1. The van der Waals surface area contributed by atoms with Crippen LogP contribution in [0.5, 0.6) is 11.5 Å². The predicted molar refractivity (Wildman–Crippen MR) is 79.8 cm³/mol. The Kier molecular flexibility index (Phi) is 4.24. The molecule has 1 aromatic carbocycles. The second-order valence-corrected chi connectivity index (χ2v) is 6.94. The van der Waals surface area contributed by atoms with Crippen molar-refractivity contribution in [2.45, 2.75) is 26.4 Å². The molecule has 0 saturated carbocycles. The molecule has 2 rings (SSSR count). The van der Waals surface area contributed by atoms with Crippen LogP contribution in [-0.2, 0) is 16.3 Å². The van der Waals surface area contributed by atoms with E-state index < -0.39 is 9.84 Å². The molecule has 1 aliphatic rings. The standard InChI is InChI=1S/C15H17NO4S/c1-4-19-14-7-11-5-10(2)20-15(11)8-12(14)6-13(9-16)21(3,17)18/h6-8,10H,4-5H2,1-3H3/b13-6+/t10-/m1/s1. The van der Waals surface area contributed by atoms with Gasteiger partial charge in [0.15, 0.2) is 9.84 Å². The van der Waals surface area contributed by atoms with Gasteiger partial charge in [-0.2, -0.15) is 5.26 Å². The normalized spacial score (nSPS) is 17.8. The molecule has 1 atom stereocenters. The summed E-state index contributed by atoms with van der Waals surface area (Å²) in [4.78, 5) is -0.297. The Bertz CT molecular complexity index is 729. The van der Waals surface area contributed by atoms with Gasteiger partial charge in [0.1, 0.15) is 28.6 Å². The lowest BCUT2D eigenvalue weighted by Crippen LogP contribution is -2.05. The molecule has 0 saturated heterocycles. The molecule has 0 amide bonds. The summed E-state index contributed by atoms with van der Waals surface area (Å²) in [5.41, 5.74) is 1.56. The van der Waals surface area contributed by atoms with Gasteiger partial charge in [-0.1, -0.05) is 0 Å². The number of sulfone groups is 1. The van der Waals surface area contributed by atoms with Crippen LogP contribution in [-0.4, -0.2) is 27.4 Å². The minimum atomic E-state index is -3.57. The smallest absolute Gasteiger partial charge is 0.185 e. The highest BCUT2D eigenvalue weighted by atomic mass is 32.2. The molecule has 0 fully saturated rings. The number of ether oxygens (including phenoxy) is 2. The van der Waals surface area contributed by atoms with E-state index >= 15 is 0 Å². The summed E-state index contributed by atoms with van der Waals surface area (Å²) >= 11 is 0. The molecule has 1 aromatic rings. The summed E-state index contributed by atoms with van der Waals surface area (Å²) < 4.78 is 34.3. The van der Waals surface area contributed by atoms with Gasteiger partial charge in [0, 0.05) is 23.8 Å². The Hall–Kier alpha value is -2.00. The highest BCUT2D eigenvalue weighted by molar-refractivity contribution is 7.95. The van der Waals surface area contributed by atoms with Gasteiger partial charge in [0.2, 0.25) is 0 Å². The van der Waals surface area contributed by atoms with E-state index in [-0.39, 0.29) is 11.0 Å². The Morgan fingerprint density at radius 2 is 2.29 bits per heavy atom. The van der Waals surface area contributed by atoms with Crippen LogP contribution < -0.4 is 9.47 Å². The average Bonchev–Trinajstić information content (AvgIpc) is 2.73. The van der Waals surface area contributed by atoms with Crippen molar-refractivity contribution in [3.8, 4) is 17.6 Å². The van der Waals surface area contributed by atoms with Crippen LogP contribution in [0.25, 0.3) is 6.08 Å². The van der Waals surface area contributed by atoms with Crippen molar-refractivity contribution in [1.82, 2.24) is 0 Å². The Labute approximate surface area is 124 Å². The van der Waals surface area contributed by atoms with Crippen LogP contribution in [0, 0.1) is 11.3 Å². The maximum atomic E-state index is 11.6. The van der Waals surface area contributed by atoms with Crippen LogP contribution in [0.2, 0.25) is 0 Å². The largest absolute Gasteiger partial charge is 0.493 e.